The Morgan fingerprint density at radius 3 is 2.17 bits per heavy atom. The van der Waals surface area contributed by atoms with Crippen LogP contribution in [0.2, 0.25) is 0 Å². The Kier molecular flexibility index (Phi) is 6.08. The van der Waals surface area contributed by atoms with E-state index in [-0.39, 0.29) is 10.8 Å². The first-order valence-corrected chi connectivity index (χ1v) is 13.0. The van der Waals surface area contributed by atoms with Crippen LogP contribution in [0.15, 0.2) is 83.7 Å². The first kappa shape index (κ1) is 24.4. The topological polar surface area (TPSA) is 43.6 Å². The summed E-state index contributed by atoms with van der Waals surface area (Å²) in [5.74, 6) is 0.845. The van der Waals surface area contributed by atoms with Gasteiger partial charge < -0.3 is 0 Å². The quantitative estimate of drug-likeness (QED) is 0.231. The van der Waals surface area contributed by atoms with Gasteiger partial charge in [0, 0.05) is 15.6 Å². The van der Waals surface area contributed by atoms with E-state index in [0.717, 1.165) is 43.8 Å². The maximum absolute atomic E-state index is 5.05. The molecule has 0 saturated carbocycles. The summed E-state index contributed by atoms with van der Waals surface area (Å²) in [5, 5.41) is 0. The molecule has 0 atom stereocenters. The fourth-order valence-corrected chi connectivity index (χ4v) is 4.94. The average molecular weight is 540 g/mol. The highest BCUT2D eigenvalue weighted by Gasteiger charge is 2.23. The second kappa shape index (κ2) is 8.97. The third-order valence-electron chi connectivity index (χ3n) is 6.53. The Balaban J connectivity index is 1.85. The standard InChI is InChI=1S/C31H31BrN4/c1-30(2,3)22-12-13-27(25(17-22)20-10-8-7-9-11-20)36-28(35-26-18-33-19-34-29(26)36)21-14-23(31(4,5)6)16-24(32)15-21/h7-19H,1-6H3. The fourth-order valence-electron chi connectivity index (χ4n) is 4.45. The van der Waals surface area contributed by atoms with Gasteiger partial charge in [-0.3, -0.25) is 4.57 Å². The van der Waals surface area contributed by atoms with E-state index in [9.17, 15) is 0 Å². The van der Waals surface area contributed by atoms with Crippen LogP contribution in [0.5, 0.6) is 0 Å². The van der Waals surface area contributed by atoms with E-state index >= 15 is 0 Å². The Labute approximate surface area is 221 Å². The molecule has 0 fully saturated rings. The van der Waals surface area contributed by atoms with Crippen LogP contribution in [-0.2, 0) is 10.8 Å². The van der Waals surface area contributed by atoms with Gasteiger partial charge in [-0.25, -0.2) is 15.0 Å². The summed E-state index contributed by atoms with van der Waals surface area (Å²) < 4.78 is 3.21. The van der Waals surface area contributed by atoms with Crippen LogP contribution >= 0.6 is 15.9 Å². The lowest BCUT2D eigenvalue weighted by atomic mass is 9.85. The number of imidazole rings is 1. The fraction of sp³-hybridized carbons (Fsp3) is 0.258. The second-order valence-corrected chi connectivity index (χ2v) is 12.2. The minimum Gasteiger partial charge on any atom is -0.276 e. The molecule has 182 valence electrons. The van der Waals surface area contributed by atoms with Crippen molar-refractivity contribution < 1.29 is 0 Å². The van der Waals surface area contributed by atoms with Gasteiger partial charge in [-0.2, -0.15) is 0 Å². The highest BCUT2D eigenvalue weighted by Crippen LogP contribution is 2.38. The number of hydrogen-bond donors (Lipinski definition) is 0. The molecule has 5 rings (SSSR count). The third kappa shape index (κ3) is 4.60. The molecule has 2 heterocycles. The molecule has 0 radical (unpaired) electrons. The molecule has 0 unspecified atom stereocenters. The third-order valence-corrected chi connectivity index (χ3v) is 6.99. The lowest BCUT2D eigenvalue weighted by Gasteiger charge is -2.23. The Bertz CT molecular complexity index is 1550. The Morgan fingerprint density at radius 1 is 0.750 bits per heavy atom. The summed E-state index contributed by atoms with van der Waals surface area (Å²) in [6.07, 6.45) is 3.38. The Morgan fingerprint density at radius 2 is 1.47 bits per heavy atom. The van der Waals surface area contributed by atoms with Crippen LogP contribution in [0, 0.1) is 0 Å². The van der Waals surface area contributed by atoms with Gasteiger partial charge in [-0.05, 0) is 57.9 Å². The van der Waals surface area contributed by atoms with Crippen molar-refractivity contribution in [2.24, 2.45) is 0 Å². The molecule has 0 N–H and O–H groups in total. The van der Waals surface area contributed by atoms with Crippen LogP contribution in [0.3, 0.4) is 0 Å². The number of fused-ring (bicyclic) bond motifs is 1. The van der Waals surface area contributed by atoms with Gasteiger partial charge in [0.25, 0.3) is 0 Å². The summed E-state index contributed by atoms with van der Waals surface area (Å²) in [6.45, 7) is 13.4. The van der Waals surface area contributed by atoms with E-state index in [4.69, 9.17) is 4.98 Å². The first-order chi connectivity index (χ1) is 17.0. The van der Waals surface area contributed by atoms with Gasteiger partial charge in [0.05, 0.1) is 11.9 Å². The number of hydrogen-bond acceptors (Lipinski definition) is 3. The number of rotatable bonds is 3. The molecule has 5 aromatic rings. The molecule has 3 aromatic carbocycles. The molecular weight excluding hydrogens is 508 g/mol. The van der Waals surface area contributed by atoms with Crippen molar-refractivity contribution in [2.45, 2.75) is 52.4 Å². The van der Waals surface area contributed by atoms with E-state index in [0.29, 0.717) is 0 Å². The first-order valence-electron chi connectivity index (χ1n) is 12.2. The lowest BCUT2D eigenvalue weighted by Crippen LogP contribution is -2.12. The number of halogens is 1. The van der Waals surface area contributed by atoms with E-state index in [1.165, 1.54) is 11.1 Å². The zero-order valence-corrected chi connectivity index (χ0v) is 23.3. The predicted molar refractivity (Wildman–Crippen MR) is 153 cm³/mol. The van der Waals surface area contributed by atoms with Gasteiger partial charge in [0.2, 0.25) is 0 Å². The van der Waals surface area contributed by atoms with Crippen molar-refractivity contribution in [3.05, 3.63) is 94.9 Å². The van der Waals surface area contributed by atoms with Gasteiger partial charge >= 0.3 is 0 Å². The largest absolute Gasteiger partial charge is 0.276 e. The van der Waals surface area contributed by atoms with Gasteiger partial charge in [0.1, 0.15) is 17.7 Å². The molecule has 5 heteroatoms. The summed E-state index contributed by atoms with van der Waals surface area (Å²) in [6, 6.07) is 23.8. The van der Waals surface area contributed by atoms with Crippen LogP contribution in [-0.4, -0.2) is 19.5 Å². The molecule has 0 bridgehead atoms. The molecule has 0 amide bonds. The van der Waals surface area contributed by atoms with E-state index in [1.54, 1.807) is 12.5 Å². The molecule has 4 nitrogen and oxygen atoms in total. The molecule has 0 saturated heterocycles. The molecule has 0 aliphatic carbocycles. The van der Waals surface area contributed by atoms with Crippen LogP contribution < -0.4 is 0 Å². The van der Waals surface area contributed by atoms with Crippen molar-refractivity contribution in [1.82, 2.24) is 19.5 Å². The van der Waals surface area contributed by atoms with Gasteiger partial charge in [-0.15, -0.1) is 0 Å². The molecule has 0 aliphatic rings. The summed E-state index contributed by atoms with van der Waals surface area (Å²) in [7, 11) is 0. The van der Waals surface area contributed by atoms with E-state index in [2.05, 4.69) is 139 Å². The van der Waals surface area contributed by atoms with Crippen molar-refractivity contribution >= 4 is 27.1 Å². The Hall–Kier alpha value is -3.31. The number of nitrogens with zero attached hydrogens (tertiary/aromatic N) is 4. The highest BCUT2D eigenvalue weighted by molar-refractivity contribution is 9.10. The average Bonchev–Trinajstić information content (AvgIpc) is 3.22. The zero-order valence-electron chi connectivity index (χ0n) is 21.7. The molecular formula is C31H31BrN4. The maximum atomic E-state index is 5.05. The zero-order chi connectivity index (χ0) is 25.7. The lowest BCUT2D eigenvalue weighted by molar-refractivity contribution is 0.590. The summed E-state index contributed by atoms with van der Waals surface area (Å²) >= 11 is 3.74. The number of benzene rings is 3. The van der Waals surface area contributed by atoms with Crippen molar-refractivity contribution in [2.75, 3.05) is 0 Å². The van der Waals surface area contributed by atoms with Gasteiger partial charge in [0.15, 0.2) is 5.65 Å². The van der Waals surface area contributed by atoms with Crippen molar-refractivity contribution in [3.8, 4) is 28.2 Å². The van der Waals surface area contributed by atoms with Crippen LogP contribution in [0.4, 0.5) is 0 Å². The number of aromatic nitrogens is 4. The van der Waals surface area contributed by atoms with Crippen LogP contribution in [0.1, 0.15) is 52.7 Å². The van der Waals surface area contributed by atoms with Crippen LogP contribution in [0.25, 0.3) is 39.4 Å². The highest BCUT2D eigenvalue weighted by atomic mass is 79.9. The normalized spacial score (nSPS) is 12.3. The second-order valence-electron chi connectivity index (χ2n) is 11.3. The molecule has 36 heavy (non-hydrogen) atoms. The summed E-state index contributed by atoms with van der Waals surface area (Å²) in [4.78, 5) is 14.0. The van der Waals surface area contributed by atoms with E-state index < -0.39 is 0 Å². The van der Waals surface area contributed by atoms with Crippen molar-refractivity contribution in [1.29, 1.82) is 0 Å². The minimum atomic E-state index is -0.00125. The monoisotopic (exact) mass is 538 g/mol. The van der Waals surface area contributed by atoms with E-state index in [1.807, 2.05) is 0 Å². The predicted octanol–water partition coefficient (Wildman–Crippen LogP) is 8.51. The molecule has 0 spiro atoms. The summed E-state index contributed by atoms with van der Waals surface area (Å²) in [5.41, 5.74) is 8.48. The smallest absolute Gasteiger partial charge is 0.168 e. The molecule has 2 aromatic heterocycles. The SMILES string of the molecule is CC(C)(C)c1cc(Br)cc(-c2nc3cncnc3n2-c2ccc(C(C)(C)C)cc2-c2ccccc2)c1. The minimum absolute atomic E-state index is 0.00125. The van der Waals surface area contributed by atoms with Gasteiger partial charge in [-0.1, -0.05) is 93.9 Å². The van der Waals surface area contributed by atoms with Crippen molar-refractivity contribution in [3.63, 3.8) is 0 Å². The molecule has 0 aliphatic heterocycles. The maximum Gasteiger partial charge on any atom is 0.168 e.